The summed E-state index contributed by atoms with van der Waals surface area (Å²) in [5, 5.41) is 0.135. The Kier molecular flexibility index (Phi) is 3.90. The molecule has 0 radical (unpaired) electrons. The number of thiazole rings is 1. The molecule has 0 saturated heterocycles. The Morgan fingerprint density at radius 3 is 2.58 bits per heavy atom. The minimum absolute atomic E-state index is 0.135. The summed E-state index contributed by atoms with van der Waals surface area (Å²) in [6.07, 6.45) is 0. The van der Waals surface area contributed by atoms with Crippen molar-refractivity contribution < 1.29 is 18.3 Å². The van der Waals surface area contributed by atoms with Crippen molar-refractivity contribution in [3.05, 3.63) is 40.4 Å². The Morgan fingerprint density at radius 2 is 2.00 bits per heavy atom. The number of halogens is 2. The maximum atomic E-state index is 13.6. The first-order valence-corrected chi connectivity index (χ1v) is 6.45. The van der Waals surface area contributed by atoms with Crippen LogP contribution in [-0.4, -0.2) is 17.6 Å². The molecule has 1 aromatic carbocycles. The van der Waals surface area contributed by atoms with E-state index in [4.69, 9.17) is 4.74 Å². The number of esters is 1. The number of carbonyl (C=O) groups excluding carboxylic acids is 1. The van der Waals surface area contributed by atoms with Crippen molar-refractivity contribution in [1.82, 2.24) is 4.98 Å². The zero-order valence-electron chi connectivity index (χ0n) is 10.4. The molecule has 6 heteroatoms. The molecule has 2 rings (SSSR count). The third-order valence-electron chi connectivity index (χ3n) is 2.43. The van der Waals surface area contributed by atoms with Crippen LogP contribution < -0.4 is 0 Å². The number of rotatable bonds is 3. The lowest BCUT2D eigenvalue weighted by Gasteiger charge is -2.00. The van der Waals surface area contributed by atoms with Crippen molar-refractivity contribution in [2.75, 3.05) is 6.61 Å². The van der Waals surface area contributed by atoms with Gasteiger partial charge < -0.3 is 4.74 Å². The maximum Gasteiger partial charge on any atom is 0.350 e. The van der Waals surface area contributed by atoms with E-state index in [2.05, 4.69) is 4.98 Å². The fourth-order valence-corrected chi connectivity index (χ4v) is 2.60. The van der Waals surface area contributed by atoms with Gasteiger partial charge in [0.05, 0.1) is 17.9 Å². The topological polar surface area (TPSA) is 39.2 Å². The molecule has 2 aromatic rings. The van der Waals surface area contributed by atoms with Gasteiger partial charge in [0.25, 0.3) is 0 Å². The molecule has 19 heavy (non-hydrogen) atoms. The molecule has 0 saturated carbocycles. The normalized spacial score (nSPS) is 10.5. The van der Waals surface area contributed by atoms with Crippen molar-refractivity contribution in [3.63, 3.8) is 0 Å². The van der Waals surface area contributed by atoms with Crippen LogP contribution in [0.3, 0.4) is 0 Å². The van der Waals surface area contributed by atoms with Gasteiger partial charge in [-0.3, -0.25) is 0 Å². The first-order chi connectivity index (χ1) is 9.04. The number of aromatic nitrogens is 1. The van der Waals surface area contributed by atoms with Gasteiger partial charge in [0.15, 0.2) is 0 Å². The summed E-state index contributed by atoms with van der Waals surface area (Å²) in [6.45, 7) is 3.52. The Morgan fingerprint density at radius 1 is 1.37 bits per heavy atom. The van der Waals surface area contributed by atoms with E-state index in [1.54, 1.807) is 13.8 Å². The number of carbonyl (C=O) groups is 1. The Bertz CT molecular complexity index is 605. The summed E-state index contributed by atoms with van der Waals surface area (Å²) < 4.78 is 32.1. The highest BCUT2D eigenvalue weighted by atomic mass is 32.1. The van der Waals surface area contributed by atoms with Gasteiger partial charge in [0.1, 0.15) is 21.5 Å². The molecule has 0 fully saturated rings. The lowest BCUT2D eigenvalue weighted by atomic mass is 10.2. The average molecular weight is 283 g/mol. The molecule has 0 amide bonds. The third kappa shape index (κ3) is 2.63. The lowest BCUT2D eigenvalue weighted by Crippen LogP contribution is -2.03. The second-order valence-corrected chi connectivity index (χ2v) is 4.75. The van der Waals surface area contributed by atoms with Crippen molar-refractivity contribution in [1.29, 1.82) is 0 Å². The van der Waals surface area contributed by atoms with Crippen LogP contribution in [-0.2, 0) is 4.74 Å². The van der Waals surface area contributed by atoms with Crippen LogP contribution in [0.4, 0.5) is 8.78 Å². The lowest BCUT2D eigenvalue weighted by molar-refractivity contribution is 0.0531. The molecule has 0 bridgehead atoms. The SMILES string of the molecule is CCOC(=O)c1sc(-c2c(F)cccc2F)nc1C. The van der Waals surface area contributed by atoms with Crippen LogP contribution in [0.1, 0.15) is 22.3 Å². The van der Waals surface area contributed by atoms with Crippen LogP contribution in [0.25, 0.3) is 10.6 Å². The van der Waals surface area contributed by atoms with Gasteiger partial charge in [-0.15, -0.1) is 11.3 Å². The highest BCUT2D eigenvalue weighted by Gasteiger charge is 2.20. The molecule has 1 aromatic heterocycles. The van der Waals surface area contributed by atoms with Crippen LogP contribution in [0, 0.1) is 18.6 Å². The van der Waals surface area contributed by atoms with Crippen LogP contribution in [0.2, 0.25) is 0 Å². The highest BCUT2D eigenvalue weighted by molar-refractivity contribution is 7.17. The predicted octanol–water partition coefficient (Wildman–Crippen LogP) is 3.57. The Hall–Kier alpha value is -1.82. The molecule has 0 N–H and O–H groups in total. The van der Waals surface area contributed by atoms with Gasteiger partial charge in [-0.25, -0.2) is 18.6 Å². The van der Waals surface area contributed by atoms with Crippen LogP contribution >= 0.6 is 11.3 Å². The zero-order chi connectivity index (χ0) is 14.0. The van der Waals surface area contributed by atoms with Gasteiger partial charge in [0, 0.05) is 0 Å². The van der Waals surface area contributed by atoms with Crippen LogP contribution in [0.5, 0.6) is 0 Å². The molecule has 0 aliphatic carbocycles. The first kappa shape index (κ1) is 13.6. The zero-order valence-corrected chi connectivity index (χ0v) is 11.2. The van der Waals surface area contributed by atoms with E-state index in [0.29, 0.717) is 5.69 Å². The predicted molar refractivity (Wildman–Crippen MR) is 68.2 cm³/mol. The standard InChI is InChI=1S/C13H11F2NO2S/c1-3-18-13(17)11-7(2)16-12(19-11)10-8(14)5-4-6-9(10)15/h4-6H,3H2,1-2H3. The molecular weight excluding hydrogens is 272 g/mol. The van der Waals surface area contributed by atoms with Gasteiger partial charge in [-0.2, -0.15) is 0 Å². The van der Waals surface area contributed by atoms with E-state index in [1.165, 1.54) is 6.07 Å². The summed E-state index contributed by atoms with van der Waals surface area (Å²) >= 11 is 0.923. The fourth-order valence-electron chi connectivity index (χ4n) is 1.59. The Balaban J connectivity index is 2.48. The van der Waals surface area contributed by atoms with E-state index in [0.717, 1.165) is 23.5 Å². The maximum absolute atomic E-state index is 13.6. The molecule has 0 spiro atoms. The molecule has 0 unspecified atom stereocenters. The number of ether oxygens (including phenoxy) is 1. The van der Waals surface area contributed by atoms with Crippen molar-refractivity contribution in [2.45, 2.75) is 13.8 Å². The summed E-state index contributed by atoms with van der Waals surface area (Å²) in [6, 6.07) is 3.58. The van der Waals surface area contributed by atoms with Gasteiger partial charge in [-0.05, 0) is 26.0 Å². The third-order valence-corrected chi connectivity index (χ3v) is 3.59. The highest BCUT2D eigenvalue weighted by Crippen LogP contribution is 2.32. The molecule has 0 atom stereocenters. The van der Waals surface area contributed by atoms with Gasteiger partial charge >= 0.3 is 5.97 Å². The van der Waals surface area contributed by atoms with Crippen molar-refractivity contribution >= 4 is 17.3 Å². The van der Waals surface area contributed by atoms with E-state index >= 15 is 0 Å². The van der Waals surface area contributed by atoms with E-state index < -0.39 is 17.6 Å². The van der Waals surface area contributed by atoms with E-state index in [-0.39, 0.29) is 22.1 Å². The monoisotopic (exact) mass is 283 g/mol. The fraction of sp³-hybridized carbons (Fsp3) is 0.231. The number of nitrogens with zero attached hydrogens (tertiary/aromatic N) is 1. The van der Waals surface area contributed by atoms with E-state index in [9.17, 15) is 13.6 Å². The molecule has 0 aliphatic heterocycles. The number of benzene rings is 1. The summed E-state index contributed by atoms with van der Waals surface area (Å²) in [5.74, 6) is -1.94. The van der Waals surface area contributed by atoms with Gasteiger partial charge in [-0.1, -0.05) is 6.07 Å². The summed E-state index contributed by atoms with van der Waals surface area (Å²) in [4.78, 5) is 15.9. The summed E-state index contributed by atoms with van der Waals surface area (Å²) in [7, 11) is 0. The minimum Gasteiger partial charge on any atom is -0.462 e. The molecule has 0 aliphatic rings. The average Bonchev–Trinajstić information content (AvgIpc) is 2.71. The summed E-state index contributed by atoms with van der Waals surface area (Å²) in [5.41, 5.74) is 0.187. The second kappa shape index (κ2) is 5.44. The van der Waals surface area contributed by atoms with Crippen molar-refractivity contribution in [3.8, 4) is 10.6 Å². The number of hydrogen-bond acceptors (Lipinski definition) is 4. The smallest absolute Gasteiger partial charge is 0.350 e. The number of hydrogen-bond donors (Lipinski definition) is 0. The molecule has 100 valence electrons. The van der Waals surface area contributed by atoms with Crippen molar-refractivity contribution in [2.24, 2.45) is 0 Å². The van der Waals surface area contributed by atoms with Crippen LogP contribution in [0.15, 0.2) is 18.2 Å². The largest absolute Gasteiger partial charge is 0.462 e. The quantitative estimate of drug-likeness (QED) is 0.808. The molecule has 1 heterocycles. The van der Waals surface area contributed by atoms with Gasteiger partial charge in [0.2, 0.25) is 0 Å². The molecular formula is C13H11F2NO2S. The number of aryl methyl sites for hydroxylation is 1. The van der Waals surface area contributed by atoms with E-state index in [1.807, 2.05) is 0 Å². The second-order valence-electron chi connectivity index (χ2n) is 3.75. The molecule has 3 nitrogen and oxygen atoms in total. The Labute approximate surface area is 112 Å². The first-order valence-electron chi connectivity index (χ1n) is 5.63. The minimum atomic E-state index is -0.704.